The molecule has 1 saturated heterocycles. The van der Waals surface area contributed by atoms with Crippen molar-refractivity contribution in [2.24, 2.45) is 0 Å². The van der Waals surface area contributed by atoms with Crippen molar-refractivity contribution in [2.45, 2.75) is 38.8 Å². The Bertz CT molecular complexity index is 1510. The molecule has 6 rings (SSSR count). The number of benzene rings is 1. The molecule has 5 aromatic rings. The van der Waals surface area contributed by atoms with Crippen molar-refractivity contribution >= 4 is 11.3 Å². The Morgan fingerprint density at radius 2 is 1.81 bits per heavy atom. The van der Waals surface area contributed by atoms with Gasteiger partial charge in [-0.15, -0.1) is 5.10 Å². The summed E-state index contributed by atoms with van der Waals surface area (Å²) in [6.45, 7) is 5.96. The van der Waals surface area contributed by atoms with Gasteiger partial charge in [0.05, 0.1) is 11.8 Å². The molecule has 0 bridgehead atoms. The third-order valence-corrected chi connectivity index (χ3v) is 6.99. The van der Waals surface area contributed by atoms with Crippen LogP contribution in [-0.4, -0.2) is 55.7 Å². The predicted molar refractivity (Wildman–Crippen MR) is 146 cm³/mol. The quantitative estimate of drug-likeness (QED) is 0.310. The zero-order chi connectivity index (χ0) is 25.4. The van der Waals surface area contributed by atoms with E-state index in [1.54, 1.807) is 13.3 Å². The van der Waals surface area contributed by atoms with Crippen LogP contribution in [-0.2, 0) is 4.74 Å². The number of rotatable bonds is 6. The number of nitrogens with zero attached hydrogens (tertiary/aromatic N) is 7. The van der Waals surface area contributed by atoms with Gasteiger partial charge in [0, 0.05) is 56.0 Å². The number of ether oxygens (including phenoxy) is 1. The Kier molecular flexibility index (Phi) is 6.18. The number of hydrogen-bond acceptors (Lipinski definition) is 6. The molecule has 1 fully saturated rings. The van der Waals surface area contributed by atoms with Crippen molar-refractivity contribution in [2.75, 3.05) is 25.1 Å². The molecular weight excluding hydrogens is 462 g/mol. The standard InChI is InChI=1S/C29H31N7O/c1-20(2)35-17-14-24(32-35)23-19-36-27(26(23)21-10-5-4-6-11-21)29(34-16-9-12-22(18-34)37-3)31-28(33-36)25-13-7-8-15-30-25/h4-8,10-11,13-15,17,19-20,22H,9,12,16,18H2,1-3H3. The molecule has 188 valence electrons. The fourth-order valence-corrected chi connectivity index (χ4v) is 5.07. The first-order chi connectivity index (χ1) is 18.1. The maximum atomic E-state index is 5.77. The Labute approximate surface area is 216 Å². The molecule has 1 aliphatic heterocycles. The van der Waals surface area contributed by atoms with Gasteiger partial charge in [0.2, 0.25) is 5.82 Å². The molecule has 8 nitrogen and oxygen atoms in total. The minimum absolute atomic E-state index is 0.165. The number of fused-ring (bicyclic) bond motifs is 1. The first kappa shape index (κ1) is 23.4. The molecule has 0 amide bonds. The highest BCUT2D eigenvalue weighted by molar-refractivity contribution is 5.98. The van der Waals surface area contributed by atoms with E-state index in [0.29, 0.717) is 5.82 Å². The fraction of sp³-hybridized carbons (Fsp3) is 0.310. The summed E-state index contributed by atoms with van der Waals surface area (Å²) in [5.74, 6) is 1.49. The summed E-state index contributed by atoms with van der Waals surface area (Å²) in [5.41, 5.74) is 5.84. The van der Waals surface area contributed by atoms with E-state index in [9.17, 15) is 0 Å². The number of anilines is 1. The lowest BCUT2D eigenvalue weighted by Crippen LogP contribution is -2.40. The topological polar surface area (TPSA) is 73.4 Å². The first-order valence-corrected chi connectivity index (χ1v) is 12.9. The van der Waals surface area contributed by atoms with E-state index in [1.165, 1.54) is 0 Å². The van der Waals surface area contributed by atoms with Gasteiger partial charge in [0.15, 0.2) is 5.82 Å². The summed E-state index contributed by atoms with van der Waals surface area (Å²) >= 11 is 0. The lowest BCUT2D eigenvalue weighted by Gasteiger charge is -2.33. The van der Waals surface area contributed by atoms with Crippen LogP contribution in [0.15, 0.2) is 73.2 Å². The molecular formula is C29H31N7O. The van der Waals surface area contributed by atoms with Gasteiger partial charge in [0.25, 0.3) is 0 Å². The summed E-state index contributed by atoms with van der Waals surface area (Å²) in [7, 11) is 1.79. The molecule has 0 radical (unpaired) electrons. The third-order valence-electron chi connectivity index (χ3n) is 6.99. The Morgan fingerprint density at radius 3 is 2.54 bits per heavy atom. The molecule has 0 aliphatic carbocycles. The SMILES string of the molecule is COC1CCCN(c2nc(-c3ccccn3)nn3cc(-c4ccn(C(C)C)n4)c(-c4ccccc4)c23)C1. The molecule has 8 heteroatoms. The molecule has 5 heterocycles. The highest BCUT2D eigenvalue weighted by Crippen LogP contribution is 2.41. The van der Waals surface area contributed by atoms with Crippen LogP contribution in [0.4, 0.5) is 5.82 Å². The molecule has 1 aromatic carbocycles. The molecule has 1 atom stereocenters. The second-order valence-electron chi connectivity index (χ2n) is 9.77. The normalized spacial score (nSPS) is 16.1. The van der Waals surface area contributed by atoms with Crippen LogP contribution in [0, 0.1) is 0 Å². The maximum Gasteiger partial charge on any atom is 0.200 e. The maximum absolute atomic E-state index is 5.77. The van der Waals surface area contributed by atoms with Gasteiger partial charge in [-0.2, -0.15) is 5.10 Å². The van der Waals surface area contributed by atoms with Crippen LogP contribution in [0.25, 0.3) is 39.4 Å². The summed E-state index contributed by atoms with van der Waals surface area (Å²) in [5, 5.41) is 9.88. The van der Waals surface area contributed by atoms with Crippen LogP contribution < -0.4 is 4.90 Å². The summed E-state index contributed by atoms with van der Waals surface area (Å²) in [6, 6.07) is 18.6. The van der Waals surface area contributed by atoms with Crippen molar-refractivity contribution in [3.8, 4) is 33.9 Å². The average molecular weight is 494 g/mol. The Balaban J connectivity index is 1.64. The Hall–Kier alpha value is -4.04. The number of hydrogen-bond donors (Lipinski definition) is 0. The summed E-state index contributed by atoms with van der Waals surface area (Å²) < 4.78 is 9.73. The van der Waals surface area contributed by atoms with Gasteiger partial charge in [-0.25, -0.2) is 9.50 Å². The number of methoxy groups -OCH3 is 1. The van der Waals surface area contributed by atoms with Crippen molar-refractivity contribution in [3.63, 3.8) is 0 Å². The third kappa shape index (κ3) is 4.38. The molecule has 0 saturated carbocycles. The Morgan fingerprint density at radius 1 is 0.973 bits per heavy atom. The molecule has 1 aliphatic rings. The van der Waals surface area contributed by atoms with Crippen LogP contribution in [0.1, 0.15) is 32.7 Å². The van der Waals surface area contributed by atoms with Gasteiger partial charge < -0.3 is 9.64 Å². The lowest BCUT2D eigenvalue weighted by molar-refractivity contribution is 0.0892. The van der Waals surface area contributed by atoms with E-state index in [1.807, 2.05) is 39.7 Å². The zero-order valence-corrected chi connectivity index (χ0v) is 21.5. The smallest absolute Gasteiger partial charge is 0.200 e. The van der Waals surface area contributed by atoms with Crippen molar-refractivity contribution in [1.29, 1.82) is 0 Å². The molecule has 1 unspecified atom stereocenters. The van der Waals surface area contributed by atoms with Crippen molar-refractivity contribution < 1.29 is 4.74 Å². The van der Waals surface area contributed by atoms with Gasteiger partial charge in [-0.1, -0.05) is 36.4 Å². The number of pyridine rings is 1. The van der Waals surface area contributed by atoms with Gasteiger partial charge in [-0.3, -0.25) is 9.67 Å². The minimum Gasteiger partial charge on any atom is -0.380 e. The van der Waals surface area contributed by atoms with Crippen molar-refractivity contribution in [1.82, 2.24) is 29.4 Å². The van der Waals surface area contributed by atoms with E-state index in [0.717, 1.165) is 65.3 Å². The molecule has 4 aromatic heterocycles. The van der Waals surface area contributed by atoms with Gasteiger partial charge >= 0.3 is 0 Å². The first-order valence-electron chi connectivity index (χ1n) is 12.9. The lowest BCUT2D eigenvalue weighted by atomic mass is 10.00. The highest BCUT2D eigenvalue weighted by atomic mass is 16.5. The number of piperidine rings is 1. The summed E-state index contributed by atoms with van der Waals surface area (Å²) in [4.78, 5) is 12.0. The van der Waals surface area contributed by atoms with Crippen LogP contribution in [0.2, 0.25) is 0 Å². The van der Waals surface area contributed by atoms with Gasteiger partial charge in [-0.05, 0) is 50.5 Å². The highest BCUT2D eigenvalue weighted by Gasteiger charge is 2.28. The van der Waals surface area contributed by atoms with E-state index in [4.69, 9.17) is 19.9 Å². The average Bonchev–Trinajstić information content (AvgIpc) is 3.59. The van der Waals surface area contributed by atoms with E-state index in [2.05, 4.69) is 60.3 Å². The number of aromatic nitrogens is 6. The largest absolute Gasteiger partial charge is 0.380 e. The fourth-order valence-electron chi connectivity index (χ4n) is 5.07. The summed E-state index contributed by atoms with van der Waals surface area (Å²) in [6.07, 6.45) is 8.15. The predicted octanol–water partition coefficient (Wildman–Crippen LogP) is 5.52. The van der Waals surface area contributed by atoms with Crippen LogP contribution in [0.5, 0.6) is 0 Å². The second-order valence-corrected chi connectivity index (χ2v) is 9.77. The van der Waals surface area contributed by atoms with Gasteiger partial charge in [0.1, 0.15) is 11.2 Å². The van der Waals surface area contributed by atoms with Crippen LogP contribution >= 0.6 is 0 Å². The zero-order valence-electron chi connectivity index (χ0n) is 21.5. The van der Waals surface area contributed by atoms with E-state index in [-0.39, 0.29) is 12.1 Å². The molecule has 0 N–H and O–H groups in total. The minimum atomic E-state index is 0.165. The van der Waals surface area contributed by atoms with E-state index < -0.39 is 0 Å². The monoisotopic (exact) mass is 493 g/mol. The molecule has 0 spiro atoms. The molecule has 37 heavy (non-hydrogen) atoms. The van der Waals surface area contributed by atoms with Crippen LogP contribution in [0.3, 0.4) is 0 Å². The van der Waals surface area contributed by atoms with Crippen molar-refractivity contribution in [3.05, 3.63) is 73.2 Å². The second kappa shape index (κ2) is 9.78. The van der Waals surface area contributed by atoms with E-state index >= 15 is 0 Å².